The standard InChI is InChI=1S/C51H38N2/c1-51(2)48-33-41(22-28-46(48)47-29-27-45(34-49(47)51)52-31-30-38-11-8-9-15-50(38)52)37-20-25-44(26-21-37)53(42-13-4-3-5-14-42)43-23-18-36(19-24-43)40-17-16-35-10-6-7-12-39(35)32-40/h3-34H,1-2H3. The Bertz CT molecular complexity index is 2790. The van der Waals surface area contributed by atoms with Gasteiger partial charge >= 0.3 is 0 Å². The van der Waals surface area contributed by atoms with Crippen molar-refractivity contribution in [2.45, 2.75) is 19.3 Å². The largest absolute Gasteiger partial charge is 0.317 e. The summed E-state index contributed by atoms with van der Waals surface area (Å²) in [4.78, 5) is 2.34. The molecule has 0 amide bonds. The van der Waals surface area contributed by atoms with E-state index in [1.54, 1.807) is 0 Å². The fourth-order valence-corrected chi connectivity index (χ4v) is 8.36. The maximum Gasteiger partial charge on any atom is 0.0528 e. The lowest BCUT2D eigenvalue weighted by atomic mass is 9.81. The summed E-state index contributed by atoms with van der Waals surface area (Å²) >= 11 is 0. The maximum absolute atomic E-state index is 2.41. The summed E-state index contributed by atoms with van der Waals surface area (Å²) in [5.74, 6) is 0. The van der Waals surface area contributed by atoms with E-state index in [1.165, 1.54) is 71.9 Å². The first-order chi connectivity index (χ1) is 26.0. The molecule has 0 atom stereocenters. The van der Waals surface area contributed by atoms with Crippen LogP contribution in [0.4, 0.5) is 17.1 Å². The van der Waals surface area contributed by atoms with Crippen LogP contribution >= 0.6 is 0 Å². The smallest absolute Gasteiger partial charge is 0.0528 e. The van der Waals surface area contributed by atoms with Crippen LogP contribution in [0, 0.1) is 0 Å². The van der Waals surface area contributed by atoms with Crippen LogP contribution in [-0.2, 0) is 5.41 Å². The summed E-state index contributed by atoms with van der Waals surface area (Å²) in [5.41, 5.74) is 16.0. The molecule has 2 nitrogen and oxygen atoms in total. The lowest BCUT2D eigenvalue weighted by Gasteiger charge is -2.26. The van der Waals surface area contributed by atoms with Gasteiger partial charge in [-0.1, -0.05) is 129 Å². The van der Waals surface area contributed by atoms with Gasteiger partial charge in [0.2, 0.25) is 0 Å². The Labute approximate surface area is 310 Å². The molecule has 0 unspecified atom stereocenters. The van der Waals surface area contributed by atoms with Gasteiger partial charge in [0.1, 0.15) is 0 Å². The summed E-state index contributed by atoms with van der Waals surface area (Å²) in [5, 5.41) is 3.77. The van der Waals surface area contributed by atoms with Crippen molar-refractivity contribution in [3.05, 3.63) is 205 Å². The Morgan fingerprint density at radius 2 is 0.925 bits per heavy atom. The Morgan fingerprint density at radius 3 is 1.64 bits per heavy atom. The third-order valence-corrected chi connectivity index (χ3v) is 11.2. The van der Waals surface area contributed by atoms with Gasteiger partial charge in [-0.15, -0.1) is 0 Å². The minimum atomic E-state index is -0.122. The molecule has 53 heavy (non-hydrogen) atoms. The van der Waals surface area contributed by atoms with E-state index < -0.39 is 0 Å². The van der Waals surface area contributed by atoms with Crippen molar-refractivity contribution in [1.29, 1.82) is 0 Å². The lowest BCUT2D eigenvalue weighted by Crippen LogP contribution is -2.15. The summed E-state index contributed by atoms with van der Waals surface area (Å²) in [6.45, 7) is 4.73. The van der Waals surface area contributed by atoms with E-state index in [4.69, 9.17) is 0 Å². The van der Waals surface area contributed by atoms with E-state index in [0.29, 0.717) is 0 Å². The number of benzene rings is 8. The van der Waals surface area contributed by atoms with Gasteiger partial charge in [-0.25, -0.2) is 0 Å². The number of nitrogens with zero attached hydrogens (tertiary/aromatic N) is 2. The van der Waals surface area contributed by atoms with E-state index >= 15 is 0 Å². The number of hydrogen-bond acceptors (Lipinski definition) is 1. The molecule has 0 fully saturated rings. The minimum Gasteiger partial charge on any atom is -0.317 e. The molecule has 0 spiro atoms. The van der Waals surface area contributed by atoms with Gasteiger partial charge in [-0.05, 0) is 133 Å². The van der Waals surface area contributed by atoms with Gasteiger partial charge in [0.15, 0.2) is 0 Å². The first-order valence-corrected chi connectivity index (χ1v) is 18.4. The summed E-state index contributed by atoms with van der Waals surface area (Å²) in [6, 6.07) is 68.6. The van der Waals surface area contributed by atoms with E-state index in [0.717, 1.165) is 17.1 Å². The molecule has 2 heteroatoms. The van der Waals surface area contributed by atoms with Crippen LogP contribution in [-0.4, -0.2) is 4.57 Å². The van der Waals surface area contributed by atoms with Crippen molar-refractivity contribution in [2.24, 2.45) is 0 Å². The zero-order chi connectivity index (χ0) is 35.5. The number of rotatable bonds is 6. The molecule has 1 aliphatic carbocycles. The second kappa shape index (κ2) is 12.3. The molecule has 0 N–H and O–H groups in total. The molecular weight excluding hydrogens is 641 g/mol. The highest BCUT2D eigenvalue weighted by Crippen LogP contribution is 2.50. The molecule has 9 aromatic rings. The van der Waals surface area contributed by atoms with Crippen LogP contribution in [0.5, 0.6) is 0 Å². The van der Waals surface area contributed by atoms with Gasteiger partial charge in [-0.3, -0.25) is 0 Å². The Hall–Kier alpha value is -6.64. The lowest BCUT2D eigenvalue weighted by molar-refractivity contribution is 0.660. The molecule has 252 valence electrons. The minimum absolute atomic E-state index is 0.122. The van der Waals surface area contributed by atoms with Crippen LogP contribution in [0.2, 0.25) is 0 Å². The Morgan fingerprint density at radius 1 is 0.396 bits per heavy atom. The third-order valence-electron chi connectivity index (χ3n) is 11.2. The van der Waals surface area contributed by atoms with Crippen molar-refractivity contribution in [3.8, 4) is 39.1 Å². The molecule has 0 saturated heterocycles. The molecule has 1 aliphatic rings. The molecule has 0 radical (unpaired) electrons. The average Bonchev–Trinajstić information content (AvgIpc) is 3.74. The van der Waals surface area contributed by atoms with Crippen LogP contribution < -0.4 is 4.90 Å². The van der Waals surface area contributed by atoms with Gasteiger partial charge in [0.25, 0.3) is 0 Å². The molecule has 0 saturated carbocycles. The van der Waals surface area contributed by atoms with Crippen LogP contribution in [0.3, 0.4) is 0 Å². The van der Waals surface area contributed by atoms with E-state index in [9.17, 15) is 0 Å². The number of aromatic nitrogens is 1. The van der Waals surface area contributed by atoms with Crippen LogP contribution in [0.25, 0.3) is 60.7 Å². The van der Waals surface area contributed by atoms with Gasteiger partial charge in [0.05, 0.1) is 5.52 Å². The Balaban J connectivity index is 0.963. The first-order valence-electron chi connectivity index (χ1n) is 18.4. The van der Waals surface area contributed by atoms with Crippen LogP contribution in [0.1, 0.15) is 25.0 Å². The predicted octanol–water partition coefficient (Wildman–Crippen LogP) is 13.9. The molecule has 10 rings (SSSR count). The zero-order valence-electron chi connectivity index (χ0n) is 29.9. The summed E-state index contributed by atoms with van der Waals surface area (Å²) < 4.78 is 2.31. The highest BCUT2D eigenvalue weighted by atomic mass is 15.1. The fraction of sp³-hybridized carbons (Fsp3) is 0.0588. The highest BCUT2D eigenvalue weighted by Gasteiger charge is 2.36. The molecular formula is C51H38N2. The van der Waals surface area contributed by atoms with Gasteiger partial charge in [-0.2, -0.15) is 0 Å². The van der Waals surface area contributed by atoms with Crippen molar-refractivity contribution >= 4 is 38.7 Å². The Kier molecular flexibility index (Phi) is 7.19. The number of fused-ring (bicyclic) bond motifs is 5. The van der Waals surface area contributed by atoms with Crippen molar-refractivity contribution in [3.63, 3.8) is 0 Å². The monoisotopic (exact) mass is 678 g/mol. The molecule has 0 aliphatic heterocycles. The van der Waals surface area contributed by atoms with Crippen molar-refractivity contribution in [2.75, 3.05) is 4.90 Å². The highest BCUT2D eigenvalue weighted by molar-refractivity contribution is 5.89. The summed E-state index contributed by atoms with van der Waals surface area (Å²) in [6.07, 6.45) is 2.18. The van der Waals surface area contributed by atoms with Gasteiger partial charge in [0, 0.05) is 34.4 Å². The quantitative estimate of drug-likeness (QED) is 0.170. The number of para-hydroxylation sites is 2. The van der Waals surface area contributed by atoms with Crippen molar-refractivity contribution in [1.82, 2.24) is 4.57 Å². The molecule has 1 aromatic heterocycles. The van der Waals surface area contributed by atoms with Gasteiger partial charge < -0.3 is 9.47 Å². The average molecular weight is 679 g/mol. The van der Waals surface area contributed by atoms with Crippen LogP contribution in [0.15, 0.2) is 194 Å². The van der Waals surface area contributed by atoms with E-state index in [2.05, 4.69) is 218 Å². The fourth-order valence-electron chi connectivity index (χ4n) is 8.36. The molecule has 1 heterocycles. The SMILES string of the molecule is CC1(C)c2cc(-c3ccc(N(c4ccccc4)c4ccc(-c5ccc6ccccc6c5)cc4)cc3)ccc2-c2ccc(-n3ccc4ccccc43)cc21. The first kappa shape index (κ1) is 31.1. The topological polar surface area (TPSA) is 8.17 Å². The second-order valence-corrected chi connectivity index (χ2v) is 14.7. The maximum atomic E-state index is 2.41. The normalized spacial score (nSPS) is 12.9. The van der Waals surface area contributed by atoms with E-state index in [-0.39, 0.29) is 5.41 Å². The molecule has 0 bridgehead atoms. The summed E-state index contributed by atoms with van der Waals surface area (Å²) in [7, 11) is 0. The van der Waals surface area contributed by atoms with E-state index in [1.807, 2.05) is 0 Å². The predicted molar refractivity (Wildman–Crippen MR) is 224 cm³/mol. The zero-order valence-corrected chi connectivity index (χ0v) is 29.9. The number of hydrogen-bond donors (Lipinski definition) is 0. The third kappa shape index (κ3) is 5.26. The second-order valence-electron chi connectivity index (χ2n) is 14.7. The number of anilines is 3. The van der Waals surface area contributed by atoms with Crippen molar-refractivity contribution < 1.29 is 0 Å². The molecule has 8 aromatic carbocycles.